The predicted octanol–water partition coefficient (Wildman–Crippen LogP) is 3.35. The number of halogens is 1. The lowest BCUT2D eigenvalue weighted by Crippen LogP contribution is -2.44. The Hall–Kier alpha value is -2.24. The molecule has 0 unspecified atom stereocenters. The van der Waals surface area contributed by atoms with Gasteiger partial charge in [-0.25, -0.2) is 4.39 Å². The van der Waals surface area contributed by atoms with Gasteiger partial charge in [0.05, 0.1) is 25.4 Å². The molecule has 0 atom stereocenters. The molecule has 1 saturated heterocycles. The second-order valence-electron chi connectivity index (χ2n) is 6.02. The van der Waals surface area contributed by atoms with Gasteiger partial charge in [0.25, 0.3) is 11.7 Å². The summed E-state index contributed by atoms with van der Waals surface area (Å²) in [6, 6.07) is 13.9. The van der Waals surface area contributed by atoms with E-state index in [0.29, 0.717) is 30.0 Å². The van der Waals surface area contributed by atoms with Crippen LogP contribution in [0.3, 0.4) is 0 Å². The fourth-order valence-electron chi connectivity index (χ4n) is 3.30. The topological polar surface area (TPSA) is 38.8 Å². The minimum atomic E-state index is -1.39. The van der Waals surface area contributed by atoms with E-state index >= 15 is 0 Å². The van der Waals surface area contributed by atoms with E-state index in [1.165, 1.54) is 6.07 Å². The summed E-state index contributed by atoms with van der Waals surface area (Å²) in [6.07, 6.45) is 1.70. The molecule has 0 bridgehead atoms. The molecule has 4 rings (SSSR count). The molecule has 2 aliphatic rings. The Morgan fingerprint density at radius 2 is 1.67 bits per heavy atom. The summed E-state index contributed by atoms with van der Waals surface area (Å²) in [6.45, 7) is 1.08. The number of hydrogen-bond acceptors (Lipinski definition) is 3. The molecular weight excluding hydrogens is 309 g/mol. The third-order valence-electron chi connectivity index (χ3n) is 4.51. The van der Waals surface area contributed by atoms with Crippen LogP contribution in [-0.4, -0.2) is 19.1 Å². The van der Waals surface area contributed by atoms with Gasteiger partial charge >= 0.3 is 0 Å². The molecule has 2 heterocycles. The van der Waals surface area contributed by atoms with Gasteiger partial charge in [0.1, 0.15) is 5.82 Å². The van der Waals surface area contributed by atoms with Crippen LogP contribution in [0.4, 0.5) is 10.1 Å². The highest BCUT2D eigenvalue weighted by Crippen LogP contribution is 2.45. The molecule has 2 aromatic rings. The maximum absolute atomic E-state index is 14.0. The summed E-state index contributed by atoms with van der Waals surface area (Å²) in [5.74, 6) is -2.00. The van der Waals surface area contributed by atoms with E-state index in [-0.39, 0.29) is 18.3 Å². The van der Waals surface area contributed by atoms with Gasteiger partial charge in [-0.1, -0.05) is 36.4 Å². The van der Waals surface area contributed by atoms with Crippen molar-refractivity contribution in [1.29, 1.82) is 0 Å². The van der Waals surface area contributed by atoms with Gasteiger partial charge in [0.2, 0.25) is 0 Å². The number of anilines is 1. The Labute approximate surface area is 139 Å². The summed E-state index contributed by atoms with van der Waals surface area (Å²) in [7, 11) is 0. The van der Waals surface area contributed by atoms with Gasteiger partial charge in [-0.15, -0.1) is 0 Å². The molecule has 5 heteroatoms. The lowest BCUT2D eigenvalue weighted by molar-refractivity contribution is -0.222. The first-order valence-corrected chi connectivity index (χ1v) is 8.15. The fraction of sp³-hybridized carbons (Fsp3) is 0.316. The van der Waals surface area contributed by atoms with Crippen molar-refractivity contribution in [3.8, 4) is 0 Å². The van der Waals surface area contributed by atoms with Crippen LogP contribution >= 0.6 is 0 Å². The summed E-state index contributed by atoms with van der Waals surface area (Å²) >= 11 is 0. The number of para-hydroxylation sites is 1. The zero-order valence-corrected chi connectivity index (χ0v) is 13.2. The van der Waals surface area contributed by atoms with E-state index < -0.39 is 5.79 Å². The van der Waals surface area contributed by atoms with Crippen LogP contribution in [0, 0.1) is 5.82 Å². The maximum atomic E-state index is 14.0. The Balaban J connectivity index is 1.76. The number of carbonyl (C=O) groups excluding carboxylic acids is 1. The highest BCUT2D eigenvalue weighted by molar-refractivity contribution is 6.06. The number of nitrogens with zero attached hydrogens (tertiary/aromatic N) is 1. The van der Waals surface area contributed by atoms with Crippen LogP contribution in [0.25, 0.3) is 0 Å². The molecule has 2 aliphatic heterocycles. The molecule has 0 saturated carbocycles. The lowest BCUT2D eigenvalue weighted by atomic mass is 10.1. The number of ether oxygens (including phenoxy) is 2. The molecule has 0 aromatic heterocycles. The third kappa shape index (κ3) is 2.32. The van der Waals surface area contributed by atoms with Crippen molar-refractivity contribution in [2.45, 2.75) is 25.2 Å². The molecule has 1 amide bonds. The normalized spacial score (nSPS) is 19.4. The van der Waals surface area contributed by atoms with Crippen LogP contribution in [0.2, 0.25) is 0 Å². The first-order valence-electron chi connectivity index (χ1n) is 8.15. The third-order valence-corrected chi connectivity index (χ3v) is 4.51. The van der Waals surface area contributed by atoms with Crippen LogP contribution < -0.4 is 4.90 Å². The first kappa shape index (κ1) is 15.3. The van der Waals surface area contributed by atoms with Gasteiger partial charge in [0, 0.05) is 11.1 Å². The molecule has 24 heavy (non-hydrogen) atoms. The van der Waals surface area contributed by atoms with Gasteiger partial charge in [-0.05, 0) is 25.0 Å². The molecule has 0 aliphatic carbocycles. The second kappa shape index (κ2) is 6.00. The monoisotopic (exact) mass is 327 g/mol. The minimum Gasteiger partial charge on any atom is -0.338 e. The smallest absolute Gasteiger partial charge is 0.292 e. The number of carbonyl (C=O) groups is 1. The van der Waals surface area contributed by atoms with Crippen molar-refractivity contribution in [3.63, 3.8) is 0 Å². The van der Waals surface area contributed by atoms with Crippen LogP contribution in [0.5, 0.6) is 0 Å². The quantitative estimate of drug-likeness (QED) is 0.849. The average molecular weight is 327 g/mol. The summed E-state index contributed by atoms with van der Waals surface area (Å²) in [5, 5.41) is 0. The summed E-state index contributed by atoms with van der Waals surface area (Å²) in [4.78, 5) is 14.7. The number of fused-ring (bicyclic) bond motifs is 2. The largest absolute Gasteiger partial charge is 0.338 e. The van der Waals surface area contributed by atoms with Gasteiger partial charge in [0.15, 0.2) is 0 Å². The van der Waals surface area contributed by atoms with E-state index in [2.05, 4.69) is 0 Å². The van der Waals surface area contributed by atoms with E-state index in [1.54, 1.807) is 23.1 Å². The Morgan fingerprint density at radius 1 is 1.00 bits per heavy atom. The number of benzene rings is 2. The highest BCUT2D eigenvalue weighted by Gasteiger charge is 2.54. The van der Waals surface area contributed by atoms with E-state index in [4.69, 9.17) is 9.47 Å². The summed E-state index contributed by atoms with van der Waals surface area (Å²) < 4.78 is 25.8. The SMILES string of the molecule is O=C1N(Cc2ccccc2F)c2ccccc2C12OCCCCO2. The average Bonchev–Trinajstić information content (AvgIpc) is 2.78. The molecule has 0 radical (unpaired) electrons. The molecule has 4 nitrogen and oxygen atoms in total. The first-order chi connectivity index (χ1) is 11.7. The van der Waals surface area contributed by atoms with Gasteiger partial charge in [-0.2, -0.15) is 0 Å². The van der Waals surface area contributed by atoms with Crippen LogP contribution in [-0.2, 0) is 26.6 Å². The highest BCUT2D eigenvalue weighted by atomic mass is 19.1. The van der Waals surface area contributed by atoms with Crippen molar-refractivity contribution in [1.82, 2.24) is 0 Å². The Bertz CT molecular complexity index is 769. The molecular formula is C19H18FNO3. The molecule has 1 fully saturated rings. The zero-order valence-electron chi connectivity index (χ0n) is 13.2. The number of amides is 1. The Kier molecular flexibility index (Phi) is 3.82. The fourth-order valence-corrected chi connectivity index (χ4v) is 3.30. The number of hydrogen-bond donors (Lipinski definition) is 0. The molecule has 2 aromatic carbocycles. The van der Waals surface area contributed by atoms with Crippen molar-refractivity contribution >= 4 is 11.6 Å². The minimum absolute atomic E-state index is 0.150. The van der Waals surface area contributed by atoms with Gasteiger partial charge in [-0.3, -0.25) is 4.79 Å². The summed E-state index contributed by atoms with van der Waals surface area (Å²) in [5.41, 5.74) is 1.88. The van der Waals surface area contributed by atoms with E-state index in [1.807, 2.05) is 24.3 Å². The standard InChI is InChI=1S/C19H18FNO3/c20-16-9-3-1-7-14(16)13-21-17-10-4-2-8-15(17)19(18(21)22)23-11-5-6-12-24-19/h1-4,7-10H,5-6,11-13H2. The van der Waals surface area contributed by atoms with Crippen molar-refractivity contribution in [2.75, 3.05) is 18.1 Å². The predicted molar refractivity (Wildman–Crippen MR) is 86.8 cm³/mol. The van der Waals surface area contributed by atoms with Gasteiger partial charge < -0.3 is 14.4 Å². The van der Waals surface area contributed by atoms with Crippen LogP contribution in [0.15, 0.2) is 48.5 Å². The maximum Gasteiger partial charge on any atom is 0.292 e. The van der Waals surface area contributed by atoms with Crippen molar-refractivity contribution in [3.05, 3.63) is 65.5 Å². The number of rotatable bonds is 2. The van der Waals surface area contributed by atoms with Crippen molar-refractivity contribution < 1.29 is 18.7 Å². The molecule has 124 valence electrons. The lowest BCUT2D eigenvalue weighted by Gasteiger charge is -2.27. The molecule has 1 spiro atoms. The Morgan fingerprint density at radius 3 is 2.42 bits per heavy atom. The zero-order chi connectivity index (χ0) is 16.6. The van der Waals surface area contributed by atoms with Crippen LogP contribution in [0.1, 0.15) is 24.0 Å². The van der Waals surface area contributed by atoms with E-state index in [9.17, 15) is 9.18 Å². The second-order valence-corrected chi connectivity index (χ2v) is 6.02. The van der Waals surface area contributed by atoms with Crippen molar-refractivity contribution in [2.24, 2.45) is 0 Å². The van der Waals surface area contributed by atoms with E-state index in [0.717, 1.165) is 12.8 Å². The molecule has 0 N–H and O–H groups in total.